The molecule has 1 N–H and O–H groups in total. The van der Waals surface area contributed by atoms with E-state index in [1.807, 2.05) is 11.4 Å². The SMILES string of the molecule is [B]OC(=O)C1=C(CCl)C(=C)[S@](=O)[C@@H]2[C@H](NC(=O)Cc3cccs3)C(=O)N12. The zero-order valence-corrected chi connectivity index (χ0v) is 15.7. The van der Waals surface area contributed by atoms with Gasteiger partial charge in [0.2, 0.25) is 5.91 Å². The lowest BCUT2D eigenvalue weighted by Crippen LogP contribution is -2.73. The Morgan fingerprint density at radius 3 is 2.81 bits per heavy atom. The number of nitrogens with zero attached hydrogens (tertiary/aromatic N) is 1. The smallest absolute Gasteiger partial charge is 0.378 e. The van der Waals surface area contributed by atoms with Gasteiger partial charge < -0.3 is 9.97 Å². The highest BCUT2D eigenvalue weighted by Gasteiger charge is 2.58. The van der Waals surface area contributed by atoms with Crippen LogP contribution in [0.3, 0.4) is 0 Å². The number of fused-ring (bicyclic) bond motifs is 1. The van der Waals surface area contributed by atoms with Crippen LogP contribution in [0.4, 0.5) is 0 Å². The first kappa shape index (κ1) is 18.9. The number of carbonyl (C=O) groups excluding carboxylic acids is 3. The van der Waals surface area contributed by atoms with Crippen molar-refractivity contribution >= 4 is 59.6 Å². The van der Waals surface area contributed by atoms with Crippen LogP contribution in [-0.4, -0.2) is 52.2 Å². The number of amides is 2. The summed E-state index contributed by atoms with van der Waals surface area (Å²) >= 11 is 7.22. The number of thiophene rings is 1. The molecule has 2 aliphatic rings. The maximum atomic E-state index is 12.7. The van der Waals surface area contributed by atoms with Gasteiger partial charge in [-0.25, -0.2) is 4.79 Å². The van der Waals surface area contributed by atoms with Gasteiger partial charge in [0.05, 0.1) is 23.1 Å². The van der Waals surface area contributed by atoms with Gasteiger partial charge in [-0.3, -0.25) is 18.7 Å². The second-order valence-electron chi connectivity index (χ2n) is 5.49. The monoisotopic (exact) mass is 410 g/mol. The summed E-state index contributed by atoms with van der Waals surface area (Å²) in [5.74, 6) is -2.15. The van der Waals surface area contributed by atoms with Crippen LogP contribution >= 0.6 is 22.9 Å². The lowest BCUT2D eigenvalue weighted by molar-refractivity contribution is -0.150. The number of β-lactam (4-membered cyclic amide) rings is 1. The third-order valence-corrected chi connectivity index (χ3v) is 6.83. The Morgan fingerprint density at radius 2 is 2.23 bits per heavy atom. The van der Waals surface area contributed by atoms with E-state index in [9.17, 15) is 18.6 Å². The van der Waals surface area contributed by atoms with Crippen molar-refractivity contribution in [2.75, 3.05) is 5.88 Å². The third kappa shape index (κ3) is 3.02. The highest BCUT2D eigenvalue weighted by Crippen LogP contribution is 2.40. The number of hydrogen-bond acceptors (Lipinski definition) is 6. The van der Waals surface area contributed by atoms with Gasteiger partial charge >= 0.3 is 14.0 Å². The fourth-order valence-corrected chi connectivity index (χ4v) is 5.42. The van der Waals surface area contributed by atoms with Crippen molar-refractivity contribution < 1.29 is 23.2 Å². The molecule has 7 nitrogen and oxygen atoms in total. The summed E-state index contributed by atoms with van der Waals surface area (Å²) in [5.41, 5.74) is -0.0562. The molecule has 2 amide bonds. The summed E-state index contributed by atoms with van der Waals surface area (Å²) in [6, 6.07) is 2.58. The number of carbonyl (C=O) groups is 3. The molecule has 26 heavy (non-hydrogen) atoms. The third-order valence-electron chi connectivity index (χ3n) is 4.03. The fraction of sp³-hybridized carbons (Fsp3) is 0.267. The van der Waals surface area contributed by atoms with Crippen molar-refractivity contribution in [1.29, 1.82) is 0 Å². The molecule has 2 radical (unpaired) electrons. The Morgan fingerprint density at radius 1 is 1.50 bits per heavy atom. The molecule has 0 saturated carbocycles. The number of alkyl halides is 1. The van der Waals surface area contributed by atoms with E-state index < -0.39 is 34.1 Å². The number of allylic oxidation sites excluding steroid dienone is 1. The number of rotatable bonds is 5. The topological polar surface area (TPSA) is 92.8 Å². The molecular weight excluding hydrogens is 399 g/mol. The van der Waals surface area contributed by atoms with E-state index in [0.717, 1.165) is 9.78 Å². The minimum Gasteiger partial charge on any atom is -0.539 e. The predicted octanol–water partition coefficient (Wildman–Crippen LogP) is 0.339. The maximum absolute atomic E-state index is 12.7. The second-order valence-corrected chi connectivity index (χ2v) is 8.36. The lowest BCUT2D eigenvalue weighted by Gasteiger charge is -2.49. The van der Waals surface area contributed by atoms with Crippen molar-refractivity contribution in [3.8, 4) is 0 Å². The average molecular weight is 411 g/mol. The summed E-state index contributed by atoms with van der Waals surface area (Å²) in [7, 11) is 3.19. The van der Waals surface area contributed by atoms with Crippen LogP contribution in [0, 0.1) is 0 Å². The Balaban J connectivity index is 1.84. The highest BCUT2D eigenvalue weighted by molar-refractivity contribution is 7.90. The molecule has 0 spiro atoms. The highest BCUT2D eigenvalue weighted by atomic mass is 35.5. The van der Waals surface area contributed by atoms with Crippen molar-refractivity contribution in [3.63, 3.8) is 0 Å². The summed E-state index contributed by atoms with van der Waals surface area (Å²) in [6.07, 6.45) is 0.0994. The van der Waals surface area contributed by atoms with Crippen LogP contribution in [0.2, 0.25) is 0 Å². The molecule has 1 aromatic rings. The Kier molecular flexibility index (Phi) is 5.35. The Labute approximate surface area is 161 Å². The molecular formula is C15H12BClN2O5S2. The van der Waals surface area contributed by atoms with Crippen LogP contribution in [-0.2, 0) is 36.3 Å². The van der Waals surface area contributed by atoms with Gasteiger partial charge in [0, 0.05) is 15.4 Å². The van der Waals surface area contributed by atoms with E-state index in [2.05, 4.69) is 16.6 Å². The molecule has 3 rings (SSSR count). The molecule has 3 heterocycles. The van der Waals surface area contributed by atoms with Crippen LogP contribution in [0.1, 0.15) is 4.88 Å². The van der Waals surface area contributed by atoms with Crippen molar-refractivity contribution in [1.82, 2.24) is 10.2 Å². The van der Waals surface area contributed by atoms with Crippen molar-refractivity contribution in [2.45, 2.75) is 17.8 Å². The van der Waals surface area contributed by atoms with E-state index in [0.29, 0.717) is 0 Å². The summed E-state index contributed by atoms with van der Waals surface area (Å²) in [5, 5.41) is 3.45. The van der Waals surface area contributed by atoms with E-state index in [-0.39, 0.29) is 34.4 Å². The molecule has 1 saturated heterocycles. The van der Waals surface area contributed by atoms with E-state index >= 15 is 0 Å². The van der Waals surface area contributed by atoms with Crippen LogP contribution < -0.4 is 5.32 Å². The molecule has 0 aliphatic carbocycles. The van der Waals surface area contributed by atoms with Crippen molar-refractivity contribution in [2.24, 2.45) is 0 Å². The molecule has 0 aromatic carbocycles. The summed E-state index contributed by atoms with van der Waals surface area (Å²) in [6.45, 7) is 3.69. The van der Waals surface area contributed by atoms with Gasteiger partial charge in [-0.15, -0.1) is 22.9 Å². The Hall–Kier alpha value is -1.91. The molecule has 0 bridgehead atoms. The number of halogens is 1. The van der Waals surface area contributed by atoms with Crippen LogP contribution in [0.15, 0.2) is 40.3 Å². The zero-order chi connectivity index (χ0) is 19.0. The number of nitrogens with one attached hydrogen (secondary N) is 1. The van der Waals surface area contributed by atoms with E-state index in [1.54, 1.807) is 6.07 Å². The van der Waals surface area contributed by atoms with Gasteiger partial charge in [0.1, 0.15) is 17.1 Å². The second kappa shape index (κ2) is 7.38. The predicted molar refractivity (Wildman–Crippen MR) is 97.5 cm³/mol. The fourth-order valence-electron chi connectivity index (χ4n) is 2.81. The first-order valence-electron chi connectivity index (χ1n) is 7.35. The lowest BCUT2D eigenvalue weighted by atomic mass is 10.0. The standard InChI is InChI=1S/C15H12BClN2O5S2/c1-7-9(6-17)12(15(22)24-16)19-13(21)11(14(19)26(7)23)18-10(20)5-8-3-2-4-25-8/h2-4,11,14H,1,5-6H2,(H,18,20)/t11-,14-,26+/m1/s1. The summed E-state index contributed by atoms with van der Waals surface area (Å²) < 4.78 is 16.9. The first-order chi connectivity index (χ1) is 12.4. The molecule has 1 aromatic heterocycles. The van der Waals surface area contributed by atoms with Gasteiger partial charge in [-0.2, -0.15) is 0 Å². The quantitative estimate of drug-likeness (QED) is 0.429. The van der Waals surface area contributed by atoms with Gasteiger partial charge in [-0.1, -0.05) is 12.6 Å². The van der Waals surface area contributed by atoms with Gasteiger partial charge in [0.25, 0.3) is 5.91 Å². The minimum atomic E-state index is -1.74. The molecule has 2 aliphatic heterocycles. The Bertz CT molecular complexity index is 854. The maximum Gasteiger partial charge on any atom is 0.378 e. The molecule has 3 atom stereocenters. The van der Waals surface area contributed by atoms with Crippen LogP contribution in [0.5, 0.6) is 0 Å². The minimum absolute atomic E-state index is 0.0994. The average Bonchev–Trinajstić information content (AvgIpc) is 3.13. The molecule has 1 fully saturated rings. The number of hydrogen-bond donors (Lipinski definition) is 1. The van der Waals surface area contributed by atoms with Gasteiger partial charge in [-0.05, 0) is 11.4 Å². The largest absolute Gasteiger partial charge is 0.539 e. The van der Waals surface area contributed by atoms with E-state index in [1.165, 1.54) is 11.3 Å². The zero-order valence-electron chi connectivity index (χ0n) is 13.3. The van der Waals surface area contributed by atoms with Crippen LogP contribution in [0.25, 0.3) is 0 Å². The summed E-state index contributed by atoms with van der Waals surface area (Å²) in [4.78, 5) is 38.6. The normalized spacial score (nSPS) is 24.8. The molecule has 134 valence electrons. The first-order valence-corrected chi connectivity index (χ1v) is 9.98. The van der Waals surface area contributed by atoms with E-state index in [4.69, 9.17) is 19.7 Å². The van der Waals surface area contributed by atoms with Gasteiger partial charge in [0.15, 0.2) is 0 Å². The molecule has 0 unspecified atom stereocenters. The molecule has 11 heteroatoms. The van der Waals surface area contributed by atoms with Crippen molar-refractivity contribution in [3.05, 3.63) is 45.1 Å².